The van der Waals surface area contributed by atoms with E-state index in [0.717, 1.165) is 12.0 Å². The van der Waals surface area contributed by atoms with Crippen LogP contribution in [0.25, 0.3) is 0 Å². The average Bonchev–Trinajstić information content (AvgIpc) is 2.38. The number of esters is 1. The number of carbonyl (C=O) groups excluding carboxylic acids is 1. The van der Waals surface area contributed by atoms with Crippen LogP contribution in [0.5, 0.6) is 0 Å². The number of hydrogen-bond donors (Lipinski definition) is 0. The molecule has 0 atom stereocenters. The first kappa shape index (κ1) is 14.7. The molecule has 0 spiro atoms. The van der Waals surface area contributed by atoms with Crippen LogP contribution in [0, 0.1) is 0 Å². The molecule has 0 unspecified atom stereocenters. The molecule has 0 radical (unpaired) electrons. The molecule has 0 N–H and O–H groups in total. The number of rotatable bonds is 4. The van der Waals surface area contributed by atoms with Gasteiger partial charge in [0, 0.05) is 6.42 Å². The number of hydrogen-bond acceptors (Lipinski definition) is 2. The molecule has 0 saturated carbocycles. The lowest BCUT2D eigenvalue weighted by Crippen LogP contribution is -2.02. The summed E-state index contributed by atoms with van der Waals surface area (Å²) in [6, 6.07) is 8.13. The van der Waals surface area contributed by atoms with Gasteiger partial charge in [-0.3, -0.25) is 4.79 Å². The second-order valence-corrected chi connectivity index (χ2v) is 3.18. The van der Waals surface area contributed by atoms with Crippen molar-refractivity contribution in [3.05, 3.63) is 35.4 Å². The molecule has 16 heavy (non-hydrogen) atoms. The van der Waals surface area contributed by atoms with E-state index in [2.05, 4.69) is 19.1 Å². The van der Waals surface area contributed by atoms with Gasteiger partial charge in [-0.05, 0) is 17.5 Å². The predicted octanol–water partition coefficient (Wildman–Crippen LogP) is 3.73. The molecule has 0 aliphatic carbocycles. The zero-order chi connectivity index (χ0) is 12.4. The maximum atomic E-state index is 10.9. The number of aryl methyl sites for hydroxylation is 1. The van der Waals surface area contributed by atoms with Crippen molar-refractivity contribution in [3.8, 4) is 0 Å². The van der Waals surface area contributed by atoms with Gasteiger partial charge in [-0.15, -0.1) is 0 Å². The van der Waals surface area contributed by atoms with Gasteiger partial charge in [0.2, 0.25) is 0 Å². The lowest BCUT2D eigenvalue weighted by molar-refractivity contribution is -0.144. The summed E-state index contributed by atoms with van der Waals surface area (Å²) >= 11 is 0. The summed E-state index contributed by atoms with van der Waals surface area (Å²) in [5.74, 6) is -0.149. The molecule has 0 bridgehead atoms. The van der Waals surface area contributed by atoms with Gasteiger partial charge in [0.15, 0.2) is 0 Å². The summed E-state index contributed by atoms with van der Waals surface area (Å²) in [5.41, 5.74) is 2.35. The second-order valence-electron chi connectivity index (χ2n) is 3.18. The highest BCUT2D eigenvalue weighted by Crippen LogP contribution is 2.06. The van der Waals surface area contributed by atoms with Gasteiger partial charge < -0.3 is 4.74 Å². The van der Waals surface area contributed by atoms with Crippen molar-refractivity contribution in [2.75, 3.05) is 0 Å². The Morgan fingerprint density at radius 2 is 1.56 bits per heavy atom. The Balaban J connectivity index is 0.00000106. The van der Waals surface area contributed by atoms with E-state index in [1.165, 1.54) is 5.56 Å². The van der Waals surface area contributed by atoms with E-state index >= 15 is 0 Å². The van der Waals surface area contributed by atoms with Crippen LogP contribution < -0.4 is 0 Å². The van der Waals surface area contributed by atoms with Gasteiger partial charge in [0.05, 0.1) is 0 Å². The Hall–Kier alpha value is -1.31. The third-order valence-electron chi connectivity index (χ3n) is 2.12. The predicted molar refractivity (Wildman–Crippen MR) is 67.3 cm³/mol. The molecule has 0 fully saturated rings. The zero-order valence-corrected chi connectivity index (χ0v) is 10.7. The van der Waals surface area contributed by atoms with Gasteiger partial charge in [-0.25, -0.2) is 0 Å². The van der Waals surface area contributed by atoms with Gasteiger partial charge in [0.25, 0.3) is 0 Å². The fraction of sp³-hybridized carbons (Fsp3) is 0.500. The fourth-order valence-corrected chi connectivity index (χ4v) is 1.14. The lowest BCUT2D eigenvalue weighted by Gasteiger charge is -2.03. The van der Waals surface area contributed by atoms with E-state index < -0.39 is 0 Å². The highest BCUT2D eigenvalue weighted by atomic mass is 16.5. The molecule has 1 rings (SSSR count). The minimum atomic E-state index is -0.149. The number of carbonyl (C=O) groups is 1. The molecule has 0 aliphatic heterocycles. The summed E-state index contributed by atoms with van der Waals surface area (Å²) in [6.45, 7) is 8.30. The standard InChI is InChI=1S/C12H16O2.C2H6/c1-3-10-5-7-11(8-6-10)9-14-12(13)4-2;1-2/h5-8H,3-4,9H2,1-2H3;1-2H3. The summed E-state index contributed by atoms with van der Waals surface area (Å²) in [7, 11) is 0. The number of ether oxygens (including phenoxy) is 1. The average molecular weight is 222 g/mol. The minimum Gasteiger partial charge on any atom is -0.461 e. The minimum absolute atomic E-state index is 0.149. The Morgan fingerprint density at radius 3 is 2.00 bits per heavy atom. The molecule has 0 heterocycles. The second kappa shape index (κ2) is 8.96. The van der Waals surface area contributed by atoms with Gasteiger partial charge in [-0.1, -0.05) is 52.0 Å². The van der Waals surface area contributed by atoms with Crippen LogP contribution in [0.2, 0.25) is 0 Å². The first-order valence-corrected chi connectivity index (χ1v) is 5.99. The van der Waals surface area contributed by atoms with E-state index in [0.29, 0.717) is 13.0 Å². The fourth-order valence-electron chi connectivity index (χ4n) is 1.14. The Morgan fingerprint density at radius 1 is 1.06 bits per heavy atom. The Bertz CT molecular complexity index is 288. The lowest BCUT2D eigenvalue weighted by atomic mass is 10.1. The number of benzene rings is 1. The summed E-state index contributed by atoms with van der Waals surface area (Å²) in [6.07, 6.45) is 1.47. The third-order valence-corrected chi connectivity index (χ3v) is 2.12. The zero-order valence-electron chi connectivity index (χ0n) is 10.7. The summed E-state index contributed by atoms with van der Waals surface area (Å²) in [4.78, 5) is 10.9. The molecular formula is C14H22O2. The van der Waals surface area contributed by atoms with Crippen molar-refractivity contribution < 1.29 is 9.53 Å². The van der Waals surface area contributed by atoms with Crippen LogP contribution in [0.4, 0.5) is 0 Å². The molecular weight excluding hydrogens is 200 g/mol. The molecule has 0 aliphatic rings. The van der Waals surface area contributed by atoms with Crippen molar-refractivity contribution in [1.29, 1.82) is 0 Å². The van der Waals surface area contributed by atoms with Crippen LogP contribution in [0.3, 0.4) is 0 Å². The first-order valence-electron chi connectivity index (χ1n) is 5.99. The smallest absolute Gasteiger partial charge is 0.305 e. The maximum Gasteiger partial charge on any atom is 0.305 e. The molecule has 0 saturated heterocycles. The Labute approximate surface area is 98.6 Å². The molecule has 90 valence electrons. The van der Waals surface area contributed by atoms with Gasteiger partial charge >= 0.3 is 5.97 Å². The topological polar surface area (TPSA) is 26.3 Å². The van der Waals surface area contributed by atoms with E-state index in [9.17, 15) is 4.79 Å². The molecule has 2 heteroatoms. The third kappa shape index (κ3) is 5.54. The summed E-state index contributed by atoms with van der Waals surface area (Å²) < 4.78 is 5.01. The van der Waals surface area contributed by atoms with Crippen molar-refractivity contribution in [2.24, 2.45) is 0 Å². The normalized spacial score (nSPS) is 9.00. The monoisotopic (exact) mass is 222 g/mol. The maximum absolute atomic E-state index is 10.9. The first-order chi connectivity index (χ1) is 7.76. The van der Waals surface area contributed by atoms with Gasteiger partial charge in [0.1, 0.15) is 6.61 Å². The largest absolute Gasteiger partial charge is 0.461 e. The van der Waals surface area contributed by atoms with E-state index in [1.54, 1.807) is 6.92 Å². The molecule has 0 aromatic heterocycles. The van der Waals surface area contributed by atoms with E-state index in [4.69, 9.17) is 4.74 Å². The Kier molecular flexibility index (Phi) is 8.22. The molecule has 1 aromatic rings. The molecule has 1 aromatic carbocycles. The SMILES string of the molecule is CC.CCC(=O)OCc1ccc(CC)cc1. The quantitative estimate of drug-likeness (QED) is 0.726. The van der Waals surface area contributed by atoms with Crippen molar-refractivity contribution >= 4 is 5.97 Å². The van der Waals surface area contributed by atoms with E-state index in [-0.39, 0.29) is 5.97 Å². The molecule has 0 amide bonds. The van der Waals surface area contributed by atoms with Crippen LogP contribution >= 0.6 is 0 Å². The van der Waals surface area contributed by atoms with Crippen molar-refractivity contribution in [2.45, 2.75) is 47.1 Å². The highest BCUT2D eigenvalue weighted by Gasteiger charge is 1.99. The van der Waals surface area contributed by atoms with Crippen molar-refractivity contribution in [3.63, 3.8) is 0 Å². The highest BCUT2D eigenvalue weighted by molar-refractivity contribution is 5.68. The molecule has 2 nitrogen and oxygen atoms in total. The van der Waals surface area contributed by atoms with Gasteiger partial charge in [-0.2, -0.15) is 0 Å². The summed E-state index contributed by atoms with van der Waals surface area (Å²) in [5, 5.41) is 0. The van der Waals surface area contributed by atoms with Crippen LogP contribution in [-0.2, 0) is 22.6 Å². The van der Waals surface area contributed by atoms with Crippen LogP contribution in [0.1, 0.15) is 45.2 Å². The van der Waals surface area contributed by atoms with Crippen molar-refractivity contribution in [1.82, 2.24) is 0 Å². The van der Waals surface area contributed by atoms with Crippen LogP contribution in [0.15, 0.2) is 24.3 Å². The van der Waals surface area contributed by atoms with Crippen LogP contribution in [-0.4, -0.2) is 5.97 Å². The van der Waals surface area contributed by atoms with E-state index in [1.807, 2.05) is 26.0 Å².